The lowest BCUT2D eigenvalue weighted by Crippen LogP contribution is -2.36. The maximum Gasteiger partial charge on any atom is 0.0102 e. The fourth-order valence-corrected chi connectivity index (χ4v) is 3.82. The van der Waals surface area contributed by atoms with E-state index in [-0.39, 0.29) is 0 Å². The largest absolute Gasteiger partial charge is 0.311 e. The first-order valence-electron chi connectivity index (χ1n) is 7.63. The van der Waals surface area contributed by atoms with Crippen molar-refractivity contribution in [3.63, 3.8) is 0 Å². The summed E-state index contributed by atoms with van der Waals surface area (Å²) < 4.78 is 0. The van der Waals surface area contributed by atoms with E-state index in [0.29, 0.717) is 0 Å². The molecular formula is C15H27N. The molecule has 0 saturated heterocycles. The molecule has 0 aromatic rings. The molecule has 3 rings (SSSR count). The molecule has 0 aromatic carbocycles. The van der Waals surface area contributed by atoms with Crippen LogP contribution >= 0.6 is 0 Å². The Kier molecular flexibility index (Phi) is 3.24. The van der Waals surface area contributed by atoms with Crippen molar-refractivity contribution >= 4 is 0 Å². The van der Waals surface area contributed by atoms with Gasteiger partial charge in [-0.2, -0.15) is 0 Å². The van der Waals surface area contributed by atoms with Crippen LogP contribution in [0.4, 0.5) is 0 Å². The second-order valence-electron chi connectivity index (χ2n) is 6.52. The Hall–Kier alpha value is -0.0400. The zero-order chi connectivity index (χ0) is 11.0. The lowest BCUT2D eigenvalue weighted by Gasteiger charge is -2.30. The molecule has 0 bridgehead atoms. The van der Waals surface area contributed by atoms with Crippen molar-refractivity contribution < 1.29 is 0 Å². The second kappa shape index (κ2) is 4.68. The second-order valence-corrected chi connectivity index (χ2v) is 6.52. The first kappa shape index (κ1) is 11.1. The topological polar surface area (TPSA) is 12.0 Å². The molecule has 1 nitrogen and oxygen atoms in total. The molecule has 1 N–H and O–H groups in total. The Balaban J connectivity index is 1.41. The van der Waals surface area contributed by atoms with Crippen LogP contribution in [-0.2, 0) is 0 Å². The summed E-state index contributed by atoms with van der Waals surface area (Å²) in [5.41, 5.74) is 0. The molecule has 0 aliphatic heterocycles. The molecular weight excluding hydrogens is 194 g/mol. The Morgan fingerprint density at radius 3 is 2.62 bits per heavy atom. The van der Waals surface area contributed by atoms with Crippen molar-refractivity contribution in [2.24, 2.45) is 17.8 Å². The molecule has 3 fully saturated rings. The predicted molar refractivity (Wildman–Crippen MR) is 68.4 cm³/mol. The van der Waals surface area contributed by atoms with E-state index in [1.807, 2.05) is 0 Å². The lowest BCUT2D eigenvalue weighted by molar-refractivity contribution is 0.257. The highest BCUT2D eigenvalue weighted by atomic mass is 15.0. The lowest BCUT2D eigenvalue weighted by atomic mass is 9.82. The summed E-state index contributed by atoms with van der Waals surface area (Å²) in [5.74, 6) is 3.26. The van der Waals surface area contributed by atoms with Gasteiger partial charge in [0.05, 0.1) is 0 Å². The summed E-state index contributed by atoms with van der Waals surface area (Å²) in [6, 6.07) is 1.79. The maximum absolute atomic E-state index is 3.94. The van der Waals surface area contributed by atoms with Gasteiger partial charge >= 0.3 is 0 Å². The summed E-state index contributed by atoms with van der Waals surface area (Å²) in [6.45, 7) is 2.32. The van der Waals surface area contributed by atoms with Crippen LogP contribution in [0.3, 0.4) is 0 Å². The van der Waals surface area contributed by atoms with Gasteiger partial charge in [0.2, 0.25) is 0 Å². The third-order valence-corrected chi connectivity index (χ3v) is 5.04. The molecule has 3 aliphatic carbocycles. The van der Waals surface area contributed by atoms with Crippen LogP contribution in [0.2, 0.25) is 0 Å². The van der Waals surface area contributed by atoms with Gasteiger partial charge < -0.3 is 5.32 Å². The summed E-state index contributed by atoms with van der Waals surface area (Å²) in [6.07, 6.45) is 13.4. The average Bonchev–Trinajstić information content (AvgIpc) is 3.14. The minimum absolute atomic E-state index is 0.881. The highest BCUT2D eigenvalue weighted by Crippen LogP contribution is 2.44. The SMILES string of the molecule is CCCC1CC1NC1CCCC(C2CC2)C1. The third-order valence-electron chi connectivity index (χ3n) is 5.04. The summed E-state index contributed by atoms with van der Waals surface area (Å²) >= 11 is 0. The number of hydrogen-bond donors (Lipinski definition) is 1. The summed E-state index contributed by atoms with van der Waals surface area (Å²) in [7, 11) is 0. The third kappa shape index (κ3) is 2.61. The van der Waals surface area contributed by atoms with Crippen molar-refractivity contribution in [3.05, 3.63) is 0 Å². The van der Waals surface area contributed by atoms with Gasteiger partial charge in [0, 0.05) is 12.1 Å². The Morgan fingerprint density at radius 1 is 1.00 bits per heavy atom. The van der Waals surface area contributed by atoms with Gasteiger partial charge in [-0.25, -0.2) is 0 Å². The van der Waals surface area contributed by atoms with Crippen LogP contribution in [-0.4, -0.2) is 12.1 Å². The zero-order valence-electron chi connectivity index (χ0n) is 10.8. The molecule has 1 heteroatoms. The zero-order valence-corrected chi connectivity index (χ0v) is 10.8. The molecule has 4 atom stereocenters. The van der Waals surface area contributed by atoms with E-state index in [1.165, 1.54) is 44.9 Å². The van der Waals surface area contributed by atoms with E-state index >= 15 is 0 Å². The van der Waals surface area contributed by atoms with Gasteiger partial charge in [-0.3, -0.25) is 0 Å². The smallest absolute Gasteiger partial charge is 0.0102 e. The fraction of sp³-hybridized carbons (Fsp3) is 1.00. The van der Waals surface area contributed by atoms with E-state index < -0.39 is 0 Å². The van der Waals surface area contributed by atoms with E-state index in [2.05, 4.69) is 12.2 Å². The van der Waals surface area contributed by atoms with Gasteiger partial charge in [-0.05, 0) is 56.3 Å². The number of rotatable bonds is 5. The summed E-state index contributed by atoms with van der Waals surface area (Å²) in [4.78, 5) is 0. The molecule has 3 saturated carbocycles. The van der Waals surface area contributed by atoms with Gasteiger partial charge in [0.1, 0.15) is 0 Å². The Labute approximate surface area is 100 Å². The highest BCUT2D eigenvalue weighted by molar-refractivity contribution is 4.96. The minimum atomic E-state index is 0.881. The monoisotopic (exact) mass is 221 g/mol. The van der Waals surface area contributed by atoms with Crippen molar-refractivity contribution in [1.82, 2.24) is 5.32 Å². The fourth-order valence-electron chi connectivity index (χ4n) is 3.82. The van der Waals surface area contributed by atoms with Gasteiger partial charge in [-0.15, -0.1) is 0 Å². The molecule has 0 radical (unpaired) electrons. The maximum atomic E-state index is 3.94. The van der Waals surface area contributed by atoms with Crippen LogP contribution in [0.15, 0.2) is 0 Å². The molecule has 92 valence electrons. The van der Waals surface area contributed by atoms with Gasteiger partial charge in [-0.1, -0.05) is 26.2 Å². The van der Waals surface area contributed by atoms with Gasteiger partial charge in [0.15, 0.2) is 0 Å². The molecule has 0 heterocycles. The van der Waals surface area contributed by atoms with E-state index in [9.17, 15) is 0 Å². The van der Waals surface area contributed by atoms with Crippen LogP contribution in [0.1, 0.15) is 64.7 Å². The predicted octanol–water partition coefficient (Wildman–Crippen LogP) is 3.73. The molecule has 0 spiro atoms. The van der Waals surface area contributed by atoms with Crippen molar-refractivity contribution in [2.75, 3.05) is 0 Å². The van der Waals surface area contributed by atoms with Crippen LogP contribution in [0.5, 0.6) is 0 Å². The normalized spacial score (nSPS) is 43.3. The highest BCUT2D eigenvalue weighted by Gasteiger charge is 2.40. The quantitative estimate of drug-likeness (QED) is 0.746. The van der Waals surface area contributed by atoms with Gasteiger partial charge in [0.25, 0.3) is 0 Å². The average molecular weight is 221 g/mol. The molecule has 3 aliphatic rings. The van der Waals surface area contributed by atoms with Crippen LogP contribution in [0.25, 0.3) is 0 Å². The van der Waals surface area contributed by atoms with Crippen LogP contribution in [0, 0.1) is 17.8 Å². The van der Waals surface area contributed by atoms with E-state index in [1.54, 1.807) is 12.8 Å². The molecule has 0 aromatic heterocycles. The van der Waals surface area contributed by atoms with E-state index in [0.717, 1.165) is 29.8 Å². The Bertz CT molecular complexity index is 234. The molecule has 4 unspecified atom stereocenters. The summed E-state index contributed by atoms with van der Waals surface area (Å²) in [5, 5.41) is 3.94. The Morgan fingerprint density at radius 2 is 1.88 bits per heavy atom. The standard InChI is InChI=1S/C15H27N/c1-2-4-13-10-15(13)16-14-6-3-5-12(9-14)11-7-8-11/h11-16H,2-10H2,1H3. The first-order valence-corrected chi connectivity index (χ1v) is 7.63. The minimum Gasteiger partial charge on any atom is -0.311 e. The van der Waals surface area contributed by atoms with Crippen molar-refractivity contribution in [1.29, 1.82) is 0 Å². The van der Waals surface area contributed by atoms with Crippen molar-refractivity contribution in [3.8, 4) is 0 Å². The van der Waals surface area contributed by atoms with Crippen molar-refractivity contribution in [2.45, 2.75) is 76.8 Å². The number of hydrogen-bond acceptors (Lipinski definition) is 1. The molecule has 16 heavy (non-hydrogen) atoms. The first-order chi connectivity index (χ1) is 7.86. The number of nitrogens with one attached hydrogen (secondary N) is 1. The van der Waals surface area contributed by atoms with E-state index in [4.69, 9.17) is 0 Å². The van der Waals surface area contributed by atoms with Crippen LogP contribution < -0.4 is 5.32 Å². The molecule has 0 amide bonds.